The summed E-state index contributed by atoms with van der Waals surface area (Å²) in [7, 11) is 1.60. The van der Waals surface area contributed by atoms with Gasteiger partial charge in [-0.15, -0.1) is 0 Å². The molecule has 3 heterocycles. The van der Waals surface area contributed by atoms with Gasteiger partial charge >= 0.3 is 0 Å². The lowest BCUT2D eigenvalue weighted by Gasteiger charge is -2.41. The maximum Gasteiger partial charge on any atom is 0.228 e. The first-order chi connectivity index (χ1) is 12.1. The van der Waals surface area contributed by atoms with E-state index in [1.807, 2.05) is 6.92 Å². The molecule has 1 amide bonds. The van der Waals surface area contributed by atoms with Crippen LogP contribution in [0.1, 0.15) is 39.0 Å². The van der Waals surface area contributed by atoms with E-state index >= 15 is 0 Å². The SMILES string of the molecule is COc1ccnc(N2CCC(C(=O)N3CCCCC3C(C)N)CC2)n1. The van der Waals surface area contributed by atoms with Crippen LogP contribution in [0.3, 0.4) is 0 Å². The van der Waals surface area contributed by atoms with Crippen LogP contribution in [0, 0.1) is 5.92 Å². The maximum atomic E-state index is 13.0. The second-order valence-electron chi connectivity index (χ2n) is 7.11. The molecule has 0 aliphatic carbocycles. The largest absolute Gasteiger partial charge is 0.481 e. The van der Waals surface area contributed by atoms with E-state index in [2.05, 4.69) is 19.8 Å². The van der Waals surface area contributed by atoms with Crippen LogP contribution in [0.2, 0.25) is 0 Å². The first-order valence-corrected chi connectivity index (χ1v) is 9.28. The van der Waals surface area contributed by atoms with Crippen molar-refractivity contribution in [3.63, 3.8) is 0 Å². The van der Waals surface area contributed by atoms with E-state index in [-0.39, 0.29) is 23.9 Å². The van der Waals surface area contributed by atoms with Gasteiger partial charge in [-0.2, -0.15) is 4.98 Å². The second-order valence-corrected chi connectivity index (χ2v) is 7.11. The van der Waals surface area contributed by atoms with Crippen molar-refractivity contribution < 1.29 is 9.53 Å². The number of nitrogens with zero attached hydrogens (tertiary/aromatic N) is 4. The molecule has 2 aliphatic rings. The Morgan fingerprint density at radius 1 is 1.28 bits per heavy atom. The molecule has 1 aromatic rings. The molecule has 2 unspecified atom stereocenters. The van der Waals surface area contributed by atoms with Gasteiger partial charge in [-0.05, 0) is 39.0 Å². The van der Waals surface area contributed by atoms with Crippen molar-refractivity contribution in [1.29, 1.82) is 0 Å². The summed E-state index contributed by atoms with van der Waals surface area (Å²) >= 11 is 0. The average molecular weight is 347 g/mol. The summed E-state index contributed by atoms with van der Waals surface area (Å²) in [6.45, 7) is 4.45. The van der Waals surface area contributed by atoms with Gasteiger partial charge in [0.1, 0.15) is 0 Å². The zero-order valence-electron chi connectivity index (χ0n) is 15.2. The molecule has 0 spiro atoms. The highest BCUT2D eigenvalue weighted by Crippen LogP contribution is 2.27. The number of anilines is 1. The van der Waals surface area contributed by atoms with Gasteiger partial charge in [-0.1, -0.05) is 0 Å². The Kier molecular flexibility index (Phi) is 5.73. The number of methoxy groups -OCH3 is 1. The number of carbonyl (C=O) groups is 1. The molecule has 7 heteroatoms. The fourth-order valence-electron chi connectivity index (χ4n) is 3.94. The van der Waals surface area contributed by atoms with Crippen LogP contribution < -0.4 is 15.4 Å². The highest BCUT2D eigenvalue weighted by atomic mass is 16.5. The van der Waals surface area contributed by atoms with Crippen LogP contribution in [-0.4, -0.2) is 59.6 Å². The minimum Gasteiger partial charge on any atom is -0.481 e. The molecule has 0 bridgehead atoms. The molecule has 138 valence electrons. The normalized spacial score (nSPS) is 23.4. The molecular formula is C18H29N5O2. The van der Waals surface area contributed by atoms with E-state index < -0.39 is 0 Å². The number of carbonyl (C=O) groups excluding carboxylic acids is 1. The molecular weight excluding hydrogens is 318 g/mol. The van der Waals surface area contributed by atoms with Gasteiger partial charge in [-0.25, -0.2) is 4.98 Å². The van der Waals surface area contributed by atoms with Crippen LogP contribution in [-0.2, 0) is 4.79 Å². The Balaban J connectivity index is 1.60. The van der Waals surface area contributed by atoms with Crippen molar-refractivity contribution in [2.24, 2.45) is 11.7 Å². The van der Waals surface area contributed by atoms with Crippen LogP contribution in [0.15, 0.2) is 12.3 Å². The minimum absolute atomic E-state index is 0.0366. The summed E-state index contributed by atoms with van der Waals surface area (Å²) < 4.78 is 5.17. The number of rotatable bonds is 4. The Morgan fingerprint density at radius 3 is 2.72 bits per heavy atom. The summed E-state index contributed by atoms with van der Waals surface area (Å²) in [6.07, 6.45) is 6.66. The lowest BCUT2D eigenvalue weighted by molar-refractivity contribution is -0.140. The summed E-state index contributed by atoms with van der Waals surface area (Å²) in [5.41, 5.74) is 6.12. The van der Waals surface area contributed by atoms with Crippen LogP contribution in [0.25, 0.3) is 0 Å². The van der Waals surface area contributed by atoms with E-state index in [0.29, 0.717) is 11.8 Å². The predicted octanol–water partition coefficient (Wildman–Crippen LogP) is 1.43. The number of ether oxygens (including phenoxy) is 1. The van der Waals surface area contributed by atoms with Gasteiger partial charge in [0.15, 0.2) is 0 Å². The van der Waals surface area contributed by atoms with Gasteiger partial charge in [-0.3, -0.25) is 4.79 Å². The van der Waals surface area contributed by atoms with E-state index in [9.17, 15) is 4.79 Å². The molecule has 25 heavy (non-hydrogen) atoms. The molecule has 0 aromatic carbocycles. The molecule has 3 rings (SSSR count). The van der Waals surface area contributed by atoms with Crippen LogP contribution >= 0.6 is 0 Å². The number of likely N-dealkylation sites (tertiary alicyclic amines) is 1. The summed E-state index contributed by atoms with van der Waals surface area (Å²) in [6, 6.07) is 1.97. The lowest BCUT2D eigenvalue weighted by atomic mass is 9.91. The second kappa shape index (κ2) is 7.99. The number of piperidine rings is 2. The van der Waals surface area contributed by atoms with Crippen molar-refractivity contribution in [3.8, 4) is 5.88 Å². The first kappa shape index (κ1) is 17.9. The van der Waals surface area contributed by atoms with E-state index in [4.69, 9.17) is 10.5 Å². The summed E-state index contributed by atoms with van der Waals surface area (Å²) in [5, 5.41) is 0. The van der Waals surface area contributed by atoms with Crippen LogP contribution in [0.4, 0.5) is 5.95 Å². The van der Waals surface area contributed by atoms with Gasteiger partial charge in [0.05, 0.1) is 7.11 Å². The number of hydrogen-bond acceptors (Lipinski definition) is 6. The Bertz CT molecular complexity index is 587. The first-order valence-electron chi connectivity index (χ1n) is 9.28. The predicted molar refractivity (Wildman–Crippen MR) is 96.5 cm³/mol. The van der Waals surface area contributed by atoms with Crippen molar-refractivity contribution >= 4 is 11.9 Å². The number of nitrogens with two attached hydrogens (primary N) is 1. The van der Waals surface area contributed by atoms with Gasteiger partial charge < -0.3 is 20.3 Å². The lowest BCUT2D eigenvalue weighted by Crippen LogP contribution is -2.54. The Morgan fingerprint density at radius 2 is 2.04 bits per heavy atom. The topological polar surface area (TPSA) is 84.6 Å². The van der Waals surface area contributed by atoms with Gasteiger partial charge in [0, 0.05) is 49.9 Å². The van der Waals surface area contributed by atoms with E-state index in [1.54, 1.807) is 19.4 Å². The number of hydrogen-bond donors (Lipinski definition) is 1. The summed E-state index contributed by atoms with van der Waals surface area (Å²) in [5.74, 6) is 1.61. The van der Waals surface area contributed by atoms with Crippen molar-refractivity contribution in [2.45, 2.75) is 51.1 Å². The fraction of sp³-hybridized carbons (Fsp3) is 0.722. The van der Waals surface area contributed by atoms with Crippen molar-refractivity contribution in [3.05, 3.63) is 12.3 Å². The highest BCUT2D eigenvalue weighted by Gasteiger charge is 2.35. The van der Waals surface area contributed by atoms with E-state index in [1.165, 1.54) is 6.42 Å². The fourth-order valence-corrected chi connectivity index (χ4v) is 3.94. The Hall–Kier alpha value is -1.89. The van der Waals surface area contributed by atoms with Crippen LogP contribution in [0.5, 0.6) is 5.88 Å². The molecule has 0 radical (unpaired) electrons. The molecule has 2 saturated heterocycles. The van der Waals surface area contributed by atoms with E-state index in [0.717, 1.165) is 45.3 Å². The van der Waals surface area contributed by atoms with Gasteiger partial charge in [0.2, 0.25) is 17.7 Å². The quantitative estimate of drug-likeness (QED) is 0.887. The zero-order valence-corrected chi connectivity index (χ0v) is 15.2. The average Bonchev–Trinajstić information content (AvgIpc) is 2.67. The monoisotopic (exact) mass is 347 g/mol. The number of amides is 1. The van der Waals surface area contributed by atoms with Crippen molar-refractivity contribution in [2.75, 3.05) is 31.6 Å². The number of aromatic nitrogens is 2. The third-order valence-corrected chi connectivity index (χ3v) is 5.39. The van der Waals surface area contributed by atoms with Gasteiger partial charge in [0.25, 0.3) is 0 Å². The molecule has 2 fully saturated rings. The smallest absolute Gasteiger partial charge is 0.228 e. The maximum absolute atomic E-state index is 13.0. The zero-order chi connectivity index (χ0) is 17.8. The molecule has 0 saturated carbocycles. The molecule has 2 N–H and O–H groups in total. The Labute approximate surface area is 149 Å². The van der Waals surface area contributed by atoms with Crippen molar-refractivity contribution in [1.82, 2.24) is 14.9 Å². The minimum atomic E-state index is 0.0366. The standard InChI is InChI=1S/C18H29N5O2/c1-13(19)15-5-3-4-10-23(15)17(24)14-7-11-22(12-8-14)18-20-9-6-16(21-18)25-2/h6,9,13-15H,3-5,7-8,10-12,19H2,1-2H3. The molecule has 2 aliphatic heterocycles. The third-order valence-electron chi connectivity index (χ3n) is 5.39. The molecule has 7 nitrogen and oxygen atoms in total. The molecule has 1 aromatic heterocycles. The third kappa shape index (κ3) is 4.03. The highest BCUT2D eigenvalue weighted by molar-refractivity contribution is 5.79. The molecule has 2 atom stereocenters. The summed E-state index contributed by atoms with van der Waals surface area (Å²) in [4.78, 5) is 25.9.